The summed E-state index contributed by atoms with van der Waals surface area (Å²) in [5.41, 5.74) is 1.08. The van der Waals surface area contributed by atoms with E-state index in [-0.39, 0.29) is 0 Å². The number of ether oxygens (including phenoxy) is 1. The van der Waals surface area contributed by atoms with E-state index in [1.54, 1.807) is 24.6 Å². The van der Waals surface area contributed by atoms with E-state index in [1.807, 2.05) is 24.0 Å². The van der Waals surface area contributed by atoms with Gasteiger partial charge in [0.05, 0.1) is 17.2 Å². The fourth-order valence-corrected chi connectivity index (χ4v) is 2.25. The van der Waals surface area contributed by atoms with Crippen LogP contribution in [-0.4, -0.2) is 35.0 Å². The number of nitrogens with zero attached hydrogens (tertiary/aromatic N) is 3. The molecule has 0 aromatic carbocycles. The Morgan fingerprint density at radius 3 is 3.12 bits per heavy atom. The summed E-state index contributed by atoms with van der Waals surface area (Å²) in [4.78, 5) is 5.41. The summed E-state index contributed by atoms with van der Waals surface area (Å²) in [6.07, 6.45) is 3.64. The van der Waals surface area contributed by atoms with Crippen LogP contribution in [-0.2, 0) is 11.8 Å². The van der Waals surface area contributed by atoms with Crippen LogP contribution in [0.1, 0.15) is 0 Å². The van der Waals surface area contributed by atoms with Gasteiger partial charge in [0.2, 0.25) is 0 Å². The molecule has 0 atom stereocenters. The highest BCUT2D eigenvalue weighted by molar-refractivity contribution is 7.18. The van der Waals surface area contributed by atoms with Crippen LogP contribution in [0.25, 0.3) is 10.6 Å². The fraction of sp³-hybridized carbons (Fsp3) is 0.400. The lowest BCUT2D eigenvalue weighted by Crippen LogP contribution is -2.06. The molecule has 16 heavy (non-hydrogen) atoms. The van der Waals surface area contributed by atoms with Gasteiger partial charge < -0.3 is 10.1 Å². The molecule has 0 unspecified atom stereocenters. The minimum Gasteiger partial charge on any atom is -0.383 e. The van der Waals surface area contributed by atoms with Gasteiger partial charge in [0.25, 0.3) is 0 Å². The van der Waals surface area contributed by atoms with Crippen LogP contribution in [0, 0.1) is 0 Å². The molecule has 2 aromatic heterocycles. The minimum absolute atomic E-state index is 0.681. The molecule has 2 heterocycles. The van der Waals surface area contributed by atoms with E-state index in [2.05, 4.69) is 15.4 Å². The first-order chi connectivity index (χ1) is 7.81. The number of aryl methyl sites for hydroxylation is 1. The first-order valence-corrected chi connectivity index (χ1v) is 5.80. The summed E-state index contributed by atoms with van der Waals surface area (Å²) in [5, 5.41) is 8.24. The average Bonchev–Trinajstić information content (AvgIpc) is 2.87. The van der Waals surface area contributed by atoms with Crippen molar-refractivity contribution in [2.45, 2.75) is 0 Å². The topological polar surface area (TPSA) is 52.0 Å². The van der Waals surface area contributed by atoms with E-state index >= 15 is 0 Å². The molecule has 0 bridgehead atoms. The lowest BCUT2D eigenvalue weighted by Gasteiger charge is -1.99. The second-order valence-corrected chi connectivity index (χ2v) is 4.32. The molecule has 0 amide bonds. The summed E-state index contributed by atoms with van der Waals surface area (Å²) < 4.78 is 6.80. The van der Waals surface area contributed by atoms with E-state index in [9.17, 15) is 0 Å². The Hall–Kier alpha value is -1.40. The van der Waals surface area contributed by atoms with Crippen molar-refractivity contribution < 1.29 is 4.74 Å². The number of nitrogens with one attached hydrogen (secondary N) is 1. The van der Waals surface area contributed by atoms with Crippen molar-refractivity contribution in [1.82, 2.24) is 14.8 Å². The van der Waals surface area contributed by atoms with Crippen LogP contribution in [0.15, 0.2) is 18.5 Å². The van der Waals surface area contributed by atoms with E-state index in [4.69, 9.17) is 4.74 Å². The smallest absolute Gasteiger partial charge is 0.183 e. The van der Waals surface area contributed by atoms with Gasteiger partial charge in [-0.15, -0.1) is 0 Å². The Bertz CT molecular complexity index is 451. The van der Waals surface area contributed by atoms with Gasteiger partial charge in [-0.3, -0.25) is 4.68 Å². The third-order valence-electron chi connectivity index (χ3n) is 2.16. The highest BCUT2D eigenvalue weighted by Gasteiger charge is 2.06. The van der Waals surface area contributed by atoms with Crippen molar-refractivity contribution in [2.24, 2.45) is 7.05 Å². The molecule has 0 aliphatic rings. The number of methoxy groups -OCH3 is 1. The largest absolute Gasteiger partial charge is 0.383 e. The third kappa shape index (κ3) is 2.40. The summed E-state index contributed by atoms with van der Waals surface area (Å²) in [7, 11) is 3.61. The van der Waals surface area contributed by atoms with E-state index in [0.717, 1.165) is 22.2 Å². The summed E-state index contributed by atoms with van der Waals surface area (Å²) in [5.74, 6) is 0. The number of hydrogen-bond acceptors (Lipinski definition) is 5. The summed E-state index contributed by atoms with van der Waals surface area (Å²) in [6.45, 7) is 1.45. The fourth-order valence-electron chi connectivity index (χ4n) is 1.35. The van der Waals surface area contributed by atoms with Crippen LogP contribution in [0.5, 0.6) is 0 Å². The predicted molar refractivity (Wildman–Crippen MR) is 64.7 cm³/mol. The Labute approximate surface area is 98.1 Å². The van der Waals surface area contributed by atoms with Gasteiger partial charge >= 0.3 is 0 Å². The Morgan fingerprint density at radius 2 is 2.44 bits per heavy atom. The number of hydrogen-bond donors (Lipinski definition) is 1. The molecular weight excluding hydrogens is 224 g/mol. The normalized spacial score (nSPS) is 10.6. The predicted octanol–water partition coefficient (Wildman–Crippen LogP) is 1.60. The van der Waals surface area contributed by atoms with Crippen molar-refractivity contribution in [1.29, 1.82) is 0 Å². The second-order valence-electron chi connectivity index (χ2n) is 3.29. The zero-order valence-corrected chi connectivity index (χ0v) is 10.1. The van der Waals surface area contributed by atoms with Crippen LogP contribution in [0.2, 0.25) is 0 Å². The molecule has 2 aromatic rings. The van der Waals surface area contributed by atoms with Crippen molar-refractivity contribution in [3.05, 3.63) is 18.5 Å². The van der Waals surface area contributed by atoms with Crippen LogP contribution in [0.4, 0.5) is 5.13 Å². The van der Waals surface area contributed by atoms with E-state index in [1.165, 1.54) is 0 Å². The lowest BCUT2D eigenvalue weighted by atomic mass is 10.4. The number of rotatable bonds is 5. The molecule has 0 spiro atoms. The molecule has 0 radical (unpaired) electrons. The third-order valence-corrected chi connectivity index (χ3v) is 3.14. The molecule has 0 aliphatic carbocycles. The molecule has 0 aliphatic heterocycles. The standard InChI is InChI=1S/C10H14N4OS/c1-14-8(3-4-13-14)9-7-12-10(16-9)11-5-6-15-2/h3-4,7H,5-6H2,1-2H3,(H,11,12). The maximum atomic E-state index is 4.96. The Kier molecular flexibility index (Phi) is 3.53. The van der Waals surface area contributed by atoms with Crippen LogP contribution >= 0.6 is 11.3 Å². The molecular formula is C10H14N4OS. The molecule has 86 valence electrons. The molecule has 2 rings (SSSR count). The number of aromatic nitrogens is 3. The van der Waals surface area contributed by atoms with Crippen LogP contribution in [0.3, 0.4) is 0 Å². The summed E-state index contributed by atoms with van der Waals surface area (Å²) >= 11 is 1.62. The molecule has 6 heteroatoms. The zero-order chi connectivity index (χ0) is 11.4. The first-order valence-electron chi connectivity index (χ1n) is 4.98. The van der Waals surface area contributed by atoms with Gasteiger partial charge in [-0.2, -0.15) is 5.10 Å². The van der Waals surface area contributed by atoms with Gasteiger partial charge in [0, 0.05) is 33.1 Å². The number of anilines is 1. The molecule has 5 nitrogen and oxygen atoms in total. The highest BCUT2D eigenvalue weighted by atomic mass is 32.1. The molecule has 0 saturated carbocycles. The molecule has 1 N–H and O–H groups in total. The van der Waals surface area contributed by atoms with E-state index in [0.29, 0.717) is 6.61 Å². The summed E-state index contributed by atoms with van der Waals surface area (Å²) in [6, 6.07) is 1.98. The van der Waals surface area contributed by atoms with Crippen molar-refractivity contribution >= 4 is 16.5 Å². The van der Waals surface area contributed by atoms with Gasteiger partial charge in [0.1, 0.15) is 0 Å². The maximum absolute atomic E-state index is 4.96. The SMILES string of the molecule is COCCNc1ncc(-c2ccnn2C)s1. The van der Waals surface area contributed by atoms with Crippen molar-refractivity contribution in [3.8, 4) is 10.6 Å². The van der Waals surface area contributed by atoms with Crippen molar-refractivity contribution in [3.63, 3.8) is 0 Å². The van der Waals surface area contributed by atoms with Gasteiger partial charge in [-0.25, -0.2) is 4.98 Å². The van der Waals surface area contributed by atoms with Crippen LogP contribution < -0.4 is 5.32 Å². The lowest BCUT2D eigenvalue weighted by molar-refractivity contribution is 0.211. The van der Waals surface area contributed by atoms with Crippen molar-refractivity contribution in [2.75, 3.05) is 25.6 Å². The molecule has 0 saturated heterocycles. The second kappa shape index (κ2) is 5.09. The first kappa shape index (κ1) is 11.1. The quantitative estimate of drug-likeness (QED) is 0.804. The Balaban J connectivity index is 2.05. The highest BCUT2D eigenvalue weighted by Crippen LogP contribution is 2.27. The Morgan fingerprint density at radius 1 is 1.56 bits per heavy atom. The van der Waals surface area contributed by atoms with Gasteiger partial charge in [-0.05, 0) is 6.07 Å². The number of thiazole rings is 1. The molecule has 0 fully saturated rings. The monoisotopic (exact) mass is 238 g/mol. The maximum Gasteiger partial charge on any atom is 0.183 e. The minimum atomic E-state index is 0.681. The van der Waals surface area contributed by atoms with E-state index < -0.39 is 0 Å². The zero-order valence-electron chi connectivity index (χ0n) is 9.30. The average molecular weight is 238 g/mol. The van der Waals surface area contributed by atoms with Gasteiger partial charge in [0.15, 0.2) is 5.13 Å². The van der Waals surface area contributed by atoms with Gasteiger partial charge in [-0.1, -0.05) is 11.3 Å².